The summed E-state index contributed by atoms with van der Waals surface area (Å²) in [7, 11) is 1.51. The van der Waals surface area contributed by atoms with Crippen molar-refractivity contribution in [3.63, 3.8) is 0 Å². The fourth-order valence-corrected chi connectivity index (χ4v) is 5.84. The van der Waals surface area contributed by atoms with Gasteiger partial charge in [0.25, 0.3) is 0 Å². The van der Waals surface area contributed by atoms with Crippen molar-refractivity contribution in [3.8, 4) is 11.1 Å². The third kappa shape index (κ3) is 3.30. The summed E-state index contributed by atoms with van der Waals surface area (Å²) in [4.78, 5) is 15.0. The molecule has 0 spiro atoms. The molecule has 29 heavy (non-hydrogen) atoms. The molecule has 5 heteroatoms. The average Bonchev–Trinajstić information content (AvgIpc) is 3.04. The Morgan fingerprint density at radius 1 is 1.07 bits per heavy atom. The van der Waals surface area contributed by atoms with Gasteiger partial charge in [0.1, 0.15) is 0 Å². The van der Waals surface area contributed by atoms with Gasteiger partial charge in [0.15, 0.2) is 0 Å². The van der Waals surface area contributed by atoms with Gasteiger partial charge in [-0.3, -0.25) is 9.69 Å². The normalized spacial score (nSPS) is 31.3. The van der Waals surface area contributed by atoms with E-state index in [4.69, 9.17) is 27.9 Å². The highest BCUT2D eigenvalue weighted by Crippen LogP contribution is 2.50. The summed E-state index contributed by atoms with van der Waals surface area (Å²) in [6, 6.07) is 15.2. The predicted octanol–water partition coefficient (Wildman–Crippen LogP) is 5.70. The Bertz CT molecular complexity index is 985. The number of hydrogen-bond donors (Lipinski definition) is 0. The predicted molar refractivity (Wildman–Crippen MR) is 117 cm³/mol. The largest absolute Gasteiger partial charge is 0.469 e. The van der Waals surface area contributed by atoms with E-state index in [-0.39, 0.29) is 11.9 Å². The molecule has 0 aliphatic carbocycles. The van der Waals surface area contributed by atoms with Gasteiger partial charge in [0.2, 0.25) is 0 Å². The second-order valence-corrected chi connectivity index (χ2v) is 9.15. The third-order valence-electron chi connectivity index (χ3n) is 6.90. The van der Waals surface area contributed by atoms with Crippen molar-refractivity contribution in [1.82, 2.24) is 4.90 Å². The van der Waals surface area contributed by atoms with Gasteiger partial charge in [-0.05, 0) is 54.0 Å². The van der Waals surface area contributed by atoms with Gasteiger partial charge in [-0.15, -0.1) is 0 Å². The maximum absolute atomic E-state index is 12.5. The number of hydrogen-bond acceptors (Lipinski definition) is 3. The van der Waals surface area contributed by atoms with Crippen LogP contribution in [0.2, 0.25) is 10.0 Å². The maximum atomic E-state index is 12.5. The molecule has 150 valence electrons. The van der Waals surface area contributed by atoms with Crippen molar-refractivity contribution in [3.05, 3.63) is 63.6 Å². The van der Waals surface area contributed by atoms with Crippen LogP contribution in [-0.2, 0) is 9.53 Å². The van der Waals surface area contributed by atoms with E-state index in [1.165, 1.54) is 19.1 Å². The first-order valence-electron chi connectivity index (χ1n) is 10.1. The molecule has 0 saturated carbocycles. The van der Waals surface area contributed by atoms with Crippen LogP contribution in [0.1, 0.15) is 24.8 Å². The van der Waals surface area contributed by atoms with Crippen molar-refractivity contribution in [1.29, 1.82) is 0 Å². The summed E-state index contributed by atoms with van der Waals surface area (Å²) in [5.41, 5.74) is 4.67. The zero-order valence-corrected chi connectivity index (χ0v) is 17.8. The molecule has 4 aliphatic heterocycles. The van der Waals surface area contributed by atoms with E-state index in [0.29, 0.717) is 28.0 Å². The molecule has 6 rings (SSSR count). The smallest absolute Gasteiger partial charge is 0.310 e. The van der Waals surface area contributed by atoms with E-state index in [1.54, 1.807) is 0 Å². The van der Waals surface area contributed by atoms with E-state index in [1.807, 2.05) is 18.2 Å². The molecule has 4 saturated heterocycles. The Kier molecular flexibility index (Phi) is 4.93. The van der Waals surface area contributed by atoms with Gasteiger partial charge in [-0.25, -0.2) is 0 Å². The Morgan fingerprint density at radius 2 is 1.83 bits per heavy atom. The van der Waals surface area contributed by atoms with Gasteiger partial charge in [0.05, 0.1) is 23.1 Å². The zero-order valence-electron chi connectivity index (χ0n) is 16.3. The first-order chi connectivity index (χ1) is 14.0. The molecule has 4 bridgehead atoms. The molecule has 0 amide bonds. The Balaban J connectivity index is 1.42. The van der Waals surface area contributed by atoms with Crippen molar-refractivity contribution in [2.24, 2.45) is 11.8 Å². The lowest BCUT2D eigenvalue weighted by molar-refractivity contribution is -0.153. The summed E-state index contributed by atoms with van der Waals surface area (Å²) >= 11 is 12.2. The average molecular weight is 428 g/mol. The number of halogens is 2. The van der Waals surface area contributed by atoms with Crippen molar-refractivity contribution < 1.29 is 9.53 Å². The van der Waals surface area contributed by atoms with E-state index < -0.39 is 0 Å². The van der Waals surface area contributed by atoms with Crippen LogP contribution in [-0.4, -0.2) is 36.6 Å². The summed E-state index contributed by atoms with van der Waals surface area (Å²) in [6.45, 7) is 0.974. The molecule has 0 radical (unpaired) electrons. The van der Waals surface area contributed by atoms with Crippen molar-refractivity contribution >= 4 is 35.2 Å². The number of fused-ring (bicyclic) bond motifs is 1. The minimum absolute atomic E-state index is 0.0192. The molecule has 5 atom stereocenters. The number of piperidine rings is 3. The molecule has 0 aromatic heterocycles. The van der Waals surface area contributed by atoms with Gasteiger partial charge in [-0.1, -0.05) is 65.2 Å². The fourth-order valence-electron chi connectivity index (χ4n) is 5.54. The van der Waals surface area contributed by atoms with Gasteiger partial charge in [0, 0.05) is 18.6 Å². The van der Waals surface area contributed by atoms with E-state index in [2.05, 4.69) is 35.2 Å². The number of nitrogens with zero attached hydrogens (tertiary/aromatic N) is 1. The lowest BCUT2D eigenvalue weighted by Gasteiger charge is -2.50. The quantitative estimate of drug-likeness (QED) is 0.588. The highest BCUT2D eigenvalue weighted by atomic mass is 35.5. The Morgan fingerprint density at radius 3 is 2.55 bits per heavy atom. The summed E-state index contributed by atoms with van der Waals surface area (Å²) < 4.78 is 5.16. The minimum atomic E-state index is -0.0501. The van der Waals surface area contributed by atoms with Crippen LogP contribution in [0.3, 0.4) is 0 Å². The van der Waals surface area contributed by atoms with Gasteiger partial charge < -0.3 is 4.74 Å². The van der Waals surface area contributed by atoms with Crippen LogP contribution < -0.4 is 0 Å². The molecular weight excluding hydrogens is 405 g/mol. The number of ether oxygens (including phenoxy) is 1. The SMILES string of the molecule is COC(=O)C1C2CC3CCC1N3C/C2=C\c1ccc(-c2ccc(Cl)c(Cl)c2)cc1. The fraction of sp³-hybridized carbons (Fsp3) is 0.375. The standard InChI is InChI=1S/C24H23Cl2NO2/c1-29-24(28)23-19-12-18-7-9-22(23)27(18)13-17(19)10-14-2-4-15(5-3-14)16-6-8-20(25)21(26)11-16/h2-6,8,10-11,18-19,22-23H,7,9,12-13H2,1H3/b17-10+. The van der Waals surface area contributed by atoms with Crippen LogP contribution in [0, 0.1) is 11.8 Å². The summed E-state index contributed by atoms with van der Waals surface area (Å²) in [5.74, 6) is 0.236. The number of rotatable bonds is 3. The maximum Gasteiger partial charge on any atom is 0.310 e. The lowest BCUT2D eigenvalue weighted by Crippen LogP contribution is -2.58. The second kappa shape index (κ2) is 7.46. The zero-order chi connectivity index (χ0) is 20.1. The lowest BCUT2D eigenvalue weighted by atomic mass is 9.71. The molecule has 2 aromatic carbocycles. The molecule has 3 nitrogen and oxygen atoms in total. The molecule has 4 aliphatic rings. The second-order valence-electron chi connectivity index (χ2n) is 8.33. The van der Waals surface area contributed by atoms with Gasteiger partial charge >= 0.3 is 5.97 Å². The van der Waals surface area contributed by atoms with Crippen molar-refractivity contribution in [2.75, 3.05) is 13.7 Å². The van der Waals surface area contributed by atoms with Crippen LogP contribution in [0.15, 0.2) is 48.0 Å². The highest BCUT2D eigenvalue weighted by molar-refractivity contribution is 6.42. The number of carbonyl (C=O) groups is 1. The van der Waals surface area contributed by atoms with Crippen LogP contribution >= 0.6 is 23.2 Å². The molecular formula is C24H23Cl2NO2. The minimum Gasteiger partial charge on any atom is -0.469 e. The topological polar surface area (TPSA) is 29.5 Å². The van der Waals surface area contributed by atoms with E-state index in [9.17, 15) is 4.79 Å². The number of methoxy groups -OCH3 is 1. The number of carbonyl (C=O) groups excluding carboxylic acids is 1. The highest BCUT2D eigenvalue weighted by Gasteiger charge is 2.55. The monoisotopic (exact) mass is 427 g/mol. The number of esters is 1. The first kappa shape index (κ1) is 19.2. The third-order valence-corrected chi connectivity index (χ3v) is 7.63. The van der Waals surface area contributed by atoms with E-state index in [0.717, 1.165) is 36.1 Å². The van der Waals surface area contributed by atoms with Crippen molar-refractivity contribution in [2.45, 2.75) is 31.3 Å². The molecule has 0 N–H and O–H groups in total. The van der Waals surface area contributed by atoms with Crippen LogP contribution in [0.25, 0.3) is 17.2 Å². The Hall–Kier alpha value is -1.81. The van der Waals surface area contributed by atoms with Crippen LogP contribution in [0.5, 0.6) is 0 Å². The molecule has 4 fully saturated rings. The summed E-state index contributed by atoms with van der Waals surface area (Å²) in [5, 5.41) is 1.12. The number of benzene rings is 2. The molecule has 5 unspecified atom stereocenters. The van der Waals surface area contributed by atoms with E-state index >= 15 is 0 Å². The van der Waals surface area contributed by atoms with Crippen LogP contribution in [0.4, 0.5) is 0 Å². The van der Waals surface area contributed by atoms with Gasteiger partial charge in [-0.2, -0.15) is 0 Å². The summed E-state index contributed by atoms with van der Waals surface area (Å²) in [6.07, 6.45) is 5.67. The molecule has 4 heterocycles. The molecule has 2 aromatic rings. The first-order valence-corrected chi connectivity index (χ1v) is 10.9. The Labute approximate surface area is 181 Å².